The fourth-order valence-corrected chi connectivity index (χ4v) is 8.86. The number of β-amino-alcohol motifs (C(OH)–C–C–N with tert-alkyl or cyclic N) is 1. The Bertz CT molecular complexity index is 1940. The third-order valence-electron chi connectivity index (χ3n) is 10.4. The number of amides is 3. The zero-order valence-corrected chi connectivity index (χ0v) is 34.8. The fourth-order valence-electron chi connectivity index (χ4n) is 7.09. The van der Waals surface area contributed by atoms with E-state index in [4.69, 9.17) is 14.5 Å². The normalized spacial score (nSPS) is 19.7. The Morgan fingerprint density at radius 2 is 1.77 bits per heavy atom. The lowest BCUT2D eigenvalue weighted by Gasteiger charge is -2.35. The molecule has 2 saturated heterocycles. The second kappa shape index (κ2) is 18.3. The van der Waals surface area contributed by atoms with E-state index in [0.717, 1.165) is 50.4 Å². The van der Waals surface area contributed by atoms with Crippen molar-refractivity contribution in [3.8, 4) is 27.4 Å². The van der Waals surface area contributed by atoms with Crippen LogP contribution >= 0.6 is 22.7 Å². The van der Waals surface area contributed by atoms with Crippen LogP contribution in [0.15, 0.2) is 59.4 Å². The molecule has 0 saturated carbocycles. The summed E-state index contributed by atoms with van der Waals surface area (Å²) in [7, 11) is 0. The summed E-state index contributed by atoms with van der Waals surface area (Å²) >= 11 is 3.23. The fraction of sp³-hybridized carbons (Fsp3) is 0.500. The van der Waals surface area contributed by atoms with Gasteiger partial charge >= 0.3 is 0 Å². The summed E-state index contributed by atoms with van der Waals surface area (Å²) in [5.41, 5.74) is 6.10. The second-order valence-electron chi connectivity index (χ2n) is 15.8. The van der Waals surface area contributed by atoms with Crippen molar-refractivity contribution in [1.82, 2.24) is 25.5 Å². The summed E-state index contributed by atoms with van der Waals surface area (Å²) in [6.07, 6.45) is 0.738. The van der Waals surface area contributed by atoms with Crippen LogP contribution in [0.4, 0.5) is 5.13 Å². The van der Waals surface area contributed by atoms with Crippen LogP contribution in [0.5, 0.6) is 5.75 Å². The van der Waals surface area contributed by atoms with Gasteiger partial charge in [0.1, 0.15) is 17.8 Å². The number of nitrogens with zero attached hydrogens (tertiary/aromatic N) is 4. The van der Waals surface area contributed by atoms with Crippen molar-refractivity contribution >= 4 is 45.5 Å². The van der Waals surface area contributed by atoms with Crippen molar-refractivity contribution in [3.05, 3.63) is 70.7 Å². The number of carbonyl (C=O) groups excluding carboxylic acids is 3. The molecule has 0 spiro atoms. The van der Waals surface area contributed by atoms with Gasteiger partial charge in [-0.25, -0.2) is 9.97 Å². The summed E-state index contributed by atoms with van der Waals surface area (Å²) in [5, 5.41) is 19.7. The number of unbranched alkanes of at least 4 members (excludes halogenated alkanes) is 1. The number of nitrogens with one attached hydrogen (secondary N) is 2. The molecule has 2 aliphatic rings. The van der Waals surface area contributed by atoms with Gasteiger partial charge in [-0.1, -0.05) is 45.0 Å². The monoisotopic (exact) mass is 802 g/mol. The first kappa shape index (κ1) is 41.3. The molecule has 6 rings (SSSR count). The molecule has 3 amide bonds. The molecule has 2 aromatic carbocycles. The summed E-state index contributed by atoms with van der Waals surface area (Å²) in [6, 6.07) is 14.1. The van der Waals surface area contributed by atoms with Gasteiger partial charge in [-0.2, -0.15) is 0 Å². The van der Waals surface area contributed by atoms with Gasteiger partial charge in [0.15, 0.2) is 5.13 Å². The highest BCUT2D eigenvalue weighted by Crippen LogP contribution is 2.32. The smallest absolute Gasteiger partial charge is 0.246 e. The lowest BCUT2D eigenvalue weighted by Crippen LogP contribution is -2.57. The summed E-state index contributed by atoms with van der Waals surface area (Å²) < 4.78 is 11.5. The molecule has 0 bridgehead atoms. The standard InChI is InChI=1S/C42H54N6O6S2/c1-26-23-53-20-18-47(26)41-45-34(24-55-41)30-14-16-33(17-15-30)54-19-8-7-9-36(50)46-38(42(4,5)6)40(52)48-22-32(49)21-35(48)39(51)44-27(2)29-10-12-31(13-11-29)37-28(3)43-25-56-37/h10-17,24-27,32,35,38,49H,7-9,18-23H2,1-6H3,(H,44,51)(H,46,50). The molecule has 0 aliphatic carbocycles. The molecule has 300 valence electrons. The van der Waals surface area contributed by atoms with Gasteiger partial charge < -0.3 is 35.0 Å². The van der Waals surface area contributed by atoms with E-state index in [0.29, 0.717) is 38.7 Å². The molecule has 4 heterocycles. The van der Waals surface area contributed by atoms with Crippen LogP contribution in [0.1, 0.15) is 77.6 Å². The van der Waals surface area contributed by atoms with E-state index >= 15 is 0 Å². The Balaban J connectivity index is 0.964. The van der Waals surface area contributed by atoms with Crippen LogP contribution in [0.25, 0.3) is 21.7 Å². The molecule has 3 N–H and O–H groups in total. The first-order valence-electron chi connectivity index (χ1n) is 19.4. The SMILES string of the molecule is Cc1ncsc1-c1ccc(C(C)NC(=O)C2CC(O)CN2C(=O)C(NC(=O)CCCCOc2ccc(-c3csc(N4CCOCC4C)n3)cc2)C(C)(C)C)cc1. The predicted octanol–water partition coefficient (Wildman–Crippen LogP) is 6.39. The lowest BCUT2D eigenvalue weighted by atomic mass is 9.85. The zero-order chi connectivity index (χ0) is 40.0. The Kier molecular flexibility index (Phi) is 13.5. The molecule has 14 heteroatoms. The van der Waals surface area contributed by atoms with Crippen molar-refractivity contribution < 1.29 is 29.0 Å². The minimum absolute atomic E-state index is 0.0213. The summed E-state index contributed by atoms with van der Waals surface area (Å²) in [4.78, 5) is 54.8. The third kappa shape index (κ3) is 10.1. The third-order valence-corrected chi connectivity index (χ3v) is 12.2. The average Bonchev–Trinajstić information content (AvgIpc) is 3.94. The maximum Gasteiger partial charge on any atom is 0.246 e. The van der Waals surface area contributed by atoms with E-state index in [9.17, 15) is 19.5 Å². The first-order valence-corrected chi connectivity index (χ1v) is 21.2. The van der Waals surface area contributed by atoms with Crippen molar-refractivity contribution in [3.63, 3.8) is 0 Å². The van der Waals surface area contributed by atoms with Crippen LogP contribution in [0, 0.1) is 12.3 Å². The number of anilines is 1. The molecular weight excluding hydrogens is 749 g/mol. The molecular formula is C42H54N6O6S2. The van der Waals surface area contributed by atoms with Crippen LogP contribution in [0.2, 0.25) is 0 Å². The Morgan fingerprint density at radius 3 is 2.45 bits per heavy atom. The van der Waals surface area contributed by atoms with Crippen LogP contribution in [-0.4, -0.2) is 94.8 Å². The van der Waals surface area contributed by atoms with Gasteiger partial charge in [-0.05, 0) is 74.4 Å². The zero-order valence-electron chi connectivity index (χ0n) is 33.1. The van der Waals surface area contributed by atoms with E-state index in [1.807, 2.05) is 88.7 Å². The number of benzene rings is 2. The van der Waals surface area contributed by atoms with Crippen molar-refractivity contribution in [2.45, 2.75) is 97.5 Å². The van der Waals surface area contributed by atoms with Gasteiger partial charge in [0.25, 0.3) is 0 Å². The molecule has 0 radical (unpaired) electrons. The van der Waals surface area contributed by atoms with Crippen molar-refractivity contribution in [2.24, 2.45) is 5.41 Å². The summed E-state index contributed by atoms with van der Waals surface area (Å²) in [5.74, 6) is -0.220. The maximum absolute atomic E-state index is 14.0. The number of rotatable bonds is 14. The highest BCUT2D eigenvalue weighted by atomic mass is 32.1. The highest BCUT2D eigenvalue weighted by Gasteiger charge is 2.44. The minimum Gasteiger partial charge on any atom is -0.494 e. The number of likely N-dealkylation sites (tertiary alicyclic amines) is 1. The van der Waals surface area contributed by atoms with E-state index in [1.165, 1.54) is 4.90 Å². The Morgan fingerprint density at radius 1 is 1.04 bits per heavy atom. The largest absolute Gasteiger partial charge is 0.494 e. The lowest BCUT2D eigenvalue weighted by molar-refractivity contribution is -0.144. The van der Waals surface area contributed by atoms with Crippen LogP contribution < -0.4 is 20.3 Å². The van der Waals surface area contributed by atoms with Gasteiger partial charge in [0.05, 0.1) is 59.8 Å². The number of carbonyl (C=O) groups is 3. The van der Waals surface area contributed by atoms with Gasteiger partial charge in [-0.15, -0.1) is 22.7 Å². The number of aryl methyl sites for hydroxylation is 1. The molecule has 2 aromatic heterocycles. The van der Waals surface area contributed by atoms with Crippen molar-refractivity contribution in [1.29, 1.82) is 0 Å². The average molecular weight is 803 g/mol. The molecule has 2 aliphatic heterocycles. The minimum atomic E-state index is -0.878. The quantitative estimate of drug-likeness (QED) is 0.124. The van der Waals surface area contributed by atoms with Crippen LogP contribution in [0.3, 0.4) is 0 Å². The summed E-state index contributed by atoms with van der Waals surface area (Å²) in [6.45, 7) is 14.4. The van der Waals surface area contributed by atoms with Gasteiger partial charge in [-0.3, -0.25) is 14.4 Å². The number of aromatic nitrogens is 2. The number of aliphatic hydroxyl groups is 1. The van der Waals surface area contributed by atoms with E-state index in [1.54, 1.807) is 22.7 Å². The number of thiazole rings is 2. The highest BCUT2D eigenvalue weighted by molar-refractivity contribution is 7.14. The molecule has 2 fully saturated rings. The number of hydrogen-bond acceptors (Lipinski definition) is 11. The Hall–Kier alpha value is -4.37. The van der Waals surface area contributed by atoms with E-state index in [-0.39, 0.29) is 43.1 Å². The van der Waals surface area contributed by atoms with E-state index < -0.39 is 23.6 Å². The van der Waals surface area contributed by atoms with E-state index in [2.05, 4.69) is 32.8 Å². The maximum atomic E-state index is 14.0. The van der Waals surface area contributed by atoms with Crippen molar-refractivity contribution in [2.75, 3.05) is 37.8 Å². The van der Waals surface area contributed by atoms with Crippen LogP contribution in [-0.2, 0) is 19.1 Å². The predicted molar refractivity (Wildman–Crippen MR) is 221 cm³/mol. The molecule has 56 heavy (non-hydrogen) atoms. The molecule has 5 atom stereocenters. The molecule has 4 aromatic rings. The second-order valence-corrected chi connectivity index (χ2v) is 17.5. The molecule has 12 nitrogen and oxygen atoms in total. The number of ether oxygens (including phenoxy) is 2. The first-order chi connectivity index (χ1) is 26.8. The number of aliphatic hydroxyl groups excluding tert-OH is 1. The van der Waals surface area contributed by atoms with Gasteiger partial charge in [0.2, 0.25) is 17.7 Å². The number of hydrogen-bond donors (Lipinski definition) is 3. The number of morpholine rings is 1. The Labute approximate surface area is 337 Å². The van der Waals surface area contributed by atoms with Gasteiger partial charge in [0, 0.05) is 36.9 Å². The molecule has 5 unspecified atom stereocenters. The topological polar surface area (TPSA) is 146 Å².